The van der Waals surface area contributed by atoms with Crippen molar-refractivity contribution in [2.75, 3.05) is 7.11 Å². The molecular formula is C12H23N3O. The van der Waals surface area contributed by atoms with Crippen molar-refractivity contribution in [2.45, 2.75) is 51.8 Å². The maximum Gasteiger partial charge on any atom is 0.0779 e. The van der Waals surface area contributed by atoms with E-state index >= 15 is 0 Å². The van der Waals surface area contributed by atoms with E-state index in [1.165, 1.54) is 0 Å². The molecule has 4 heteroatoms. The number of aromatic nitrogens is 2. The Labute approximate surface area is 97.8 Å². The second kappa shape index (κ2) is 6.66. The van der Waals surface area contributed by atoms with Crippen LogP contribution in [0.15, 0.2) is 12.3 Å². The molecule has 92 valence electrons. The van der Waals surface area contributed by atoms with Gasteiger partial charge in [0.05, 0.1) is 17.8 Å². The van der Waals surface area contributed by atoms with Crippen LogP contribution in [0.3, 0.4) is 0 Å². The lowest BCUT2D eigenvalue weighted by molar-refractivity contribution is 0.0699. The smallest absolute Gasteiger partial charge is 0.0779 e. The Morgan fingerprint density at radius 2 is 2.19 bits per heavy atom. The molecule has 0 aromatic carbocycles. The summed E-state index contributed by atoms with van der Waals surface area (Å²) in [5, 5.41) is 4.28. The standard InChI is InChI=1S/C12H23N3O/c1-4-6-11(16-3)12(13)10-7-8-14-15(10)9-5-2/h7-8,11-12H,4-6,9,13H2,1-3H3. The summed E-state index contributed by atoms with van der Waals surface area (Å²) in [7, 11) is 1.72. The van der Waals surface area contributed by atoms with Crippen LogP contribution < -0.4 is 5.73 Å². The fourth-order valence-corrected chi connectivity index (χ4v) is 1.94. The molecule has 16 heavy (non-hydrogen) atoms. The minimum Gasteiger partial charge on any atom is -0.379 e. The predicted octanol–water partition coefficient (Wildman–Crippen LogP) is 2.11. The molecular weight excluding hydrogens is 202 g/mol. The van der Waals surface area contributed by atoms with Crippen LogP contribution in [-0.4, -0.2) is 23.0 Å². The number of nitrogens with two attached hydrogens (primary N) is 1. The van der Waals surface area contributed by atoms with E-state index in [0.29, 0.717) is 0 Å². The Hall–Kier alpha value is -0.870. The lowest BCUT2D eigenvalue weighted by atomic mass is 10.0. The molecule has 2 N–H and O–H groups in total. The van der Waals surface area contributed by atoms with Gasteiger partial charge < -0.3 is 10.5 Å². The van der Waals surface area contributed by atoms with Crippen LogP contribution in [0.1, 0.15) is 44.8 Å². The van der Waals surface area contributed by atoms with Crippen molar-refractivity contribution >= 4 is 0 Å². The molecule has 0 aliphatic heterocycles. The second-order valence-corrected chi connectivity index (χ2v) is 4.07. The summed E-state index contributed by atoms with van der Waals surface area (Å²) in [6, 6.07) is 1.90. The minimum atomic E-state index is -0.0843. The molecule has 1 aromatic rings. The third kappa shape index (κ3) is 3.06. The number of aryl methyl sites for hydroxylation is 1. The van der Waals surface area contributed by atoms with Crippen LogP contribution in [0.4, 0.5) is 0 Å². The summed E-state index contributed by atoms with van der Waals surface area (Å²) in [6.45, 7) is 5.19. The Morgan fingerprint density at radius 3 is 2.75 bits per heavy atom. The van der Waals surface area contributed by atoms with Gasteiger partial charge in [-0.15, -0.1) is 0 Å². The summed E-state index contributed by atoms with van der Waals surface area (Å²) in [5.74, 6) is 0. The highest BCUT2D eigenvalue weighted by molar-refractivity contribution is 5.08. The van der Waals surface area contributed by atoms with E-state index in [0.717, 1.165) is 31.5 Å². The number of nitrogens with zero attached hydrogens (tertiary/aromatic N) is 2. The maximum atomic E-state index is 6.23. The lowest BCUT2D eigenvalue weighted by Gasteiger charge is -2.22. The normalized spacial score (nSPS) is 15.0. The Kier molecular flexibility index (Phi) is 5.49. The molecule has 0 saturated carbocycles. The molecule has 0 aliphatic carbocycles. The van der Waals surface area contributed by atoms with Gasteiger partial charge in [0.25, 0.3) is 0 Å². The molecule has 4 nitrogen and oxygen atoms in total. The van der Waals surface area contributed by atoms with Crippen molar-refractivity contribution in [3.05, 3.63) is 18.0 Å². The van der Waals surface area contributed by atoms with Crippen LogP contribution in [-0.2, 0) is 11.3 Å². The monoisotopic (exact) mass is 225 g/mol. The highest BCUT2D eigenvalue weighted by Gasteiger charge is 2.21. The molecule has 2 atom stereocenters. The van der Waals surface area contributed by atoms with Gasteiger partial charge in [-0.05, 0) is 18.9 Å². The molecule has 0 spiro atoms. The first-order valence-corrected chi connectivity index (χ1v) is 6.04. The highest BCUT2D eigenvalue weighted by Crippen LogP contribution is 2.19. The molecule has 0 amide bonds. The average Bonchev–Trinajstić information content (AvgIpc) is 2.73. The zero-order valence-electron chi connectivity index (χ0n) is 10.5. The first-order valence-electron chi connectivity index (χ1n) is 6.04. The van der Waals surface area contributed by atoms with Gasteiger partial charge in [0, 0.05) is 19.9 Å². The Balaban J connectivity index is 2.76. The number of ether oxygens (including phenoxy) is 1. The summed E-state index contributed by atoms with van der Waals surface area (Å²) in [4.78, 5) is 0. The van der Waals surface area contributed by atoms with Gasteiger partial charge in [-0.3, -0.25) is 4.68 Å². The lowest BCUT2D eigenvalue weighted by Crippen LogP contribution is -2.30. The fourth-order valence-electron chi connectivity index (χ4n) is 1.94. The van der Waals surface area contributed by atoms with E-state index in [1.807, 2.05) is 16.9 Å². The van der Waals surface area contributed by atoms with Gasteiger partial charge in [-0.1, -0.05) is 20.3 Å². The van der Waals surface area contributed by atoms with Gasteiger partial charge in [-0.2, -0.15) is 5.10 Å². The van der Waals surface area contributed by atoms with Gasteiger partial charge >= 0.3 is 0 Å². The number of hydrogen-bond acceptors (Lipinski definition) is 3. The summed E-state index contributed by atoms with van der Waals surface area (Å²) >= 11 is 0. The summed E-state index contributed by atoms with van der Waals surface area (Å²) < 4.78 is 7.42. The first-order chi connectivity index (χ1) is 7.74. The topological polar surface area (TPSA) is 53.1 Å². The van der Waals surface area contributed by atoms with Crippen LogP contribution in [0.25, 0.3) is 0 Å². The van der Waals surface area contributed by atoms with Crippen molar-refractivity contribution in [3.8, 4) is 0 Å². The largest absolute Gasteiger partial charge is 0.379 e. The van der Waals surface area contributed by atoms with Crippen molar-refractivity contribution in [1.29, 1.82) is 0 Å². The first kappa shape index (κ1) is 13.2. The Morgan fingerprint density at radius 1 is 1.44 bits per heavy atom. The quantitative estimate of drug-likeness (QED) is 0.773. The Bertz CT molecular complexity index is 298. The summed E-state index contributed by atoms with van der Waals surface area (Å²) in [5.41, 5.74) is 7.30. The second-order valence-electron chi connectivity index (χ2n) is 4.07. The van der Waals surface area contributed by atoms with Crippen LogP contribution >= 0.6 is 0 Å². The van der Waals surface area contributed by atoms with E-state index in [1.54, 1.807) is 7.11 Å². The van der Waals surface area contributed by atoms with Crippen molar-refractivity contribution in [2.24, 2.45) is 5.73 Å². The van der Waals surface area contributed by atoms with Gasteiger partial charge in [0.2, 0.25) is 0 Å². The number of hydrogen-bond donors (Lipinski definition) is 1. The van der Waals surface area contributed by atoms with Crippen molar-refractivity contribution in [3.63, 3.8) is 0 Å². The van der Waals surface area contributed by atoms with E-state index in [9.17, 15) is 0 Å². The molecule has 1 aromatic heterocycles. The molecule has 0 fully saturated rings. The molecule has 1 rings (SSSR count). The molecule has 0 saturated heterocycles. The number of methoxy groups -OCH3 is 1. The van der Waals surface area contributed by atoms with E-state index in [4.69, 9.17) is 10.5 Å². The van der Waals surface area contributed by atoms with E-state index in [-0.39, 0.29) is 12.1 Å². The summed E-state index contributed by atoms with van der Waals surface area (Å²) in [6.07, 6.45) is 5.01. The average molecular weight is 225 g/mol. The minimum absolute atomic E-state index is 0.0808. The van der Waals surface area contributed by atoms with Crippen LogP contribution in [0.2, 0.25) is 0 Å². The maximum absolute atomic E-state index is 6.23. The van der Waals surface area contributed by atoms with Crippen LogP contribution in [0, 0.1) is 0 Å². The molecule has 0 bridgehead atoms. The zero-order chi connectivity index (χ0) is 12.0. The molecule has 2 unspecified atom stereocenters. The van der Waals surface area contributed by atoms with Crippen LogP contribution in [0.5, 0.6) is 0 Å². The van der Waals surface area contributed by atoms with E-state index in [2.05, 4.69) is 18.9 Å². The molecule has 1 heterocycles. The predicted molar refractivity (Wildman–Crippen MR) is 65.2 cm³/mol. The number of rotatable bonds is 7. The highest BCUT2D eigenvalue weighted by atomic mass is 16.5. The SMILES string of the molecule is CCCC(OC)C(N)c1ccnn1CCC. The molecule has 0 radical (unpaired) electrons. The van der Waals surface area contributed by atoms with Gasteiger partial charge in [0.15, 0.2) is 0 Å². The fraction of sp³-hybridized carbons (Fsp3) is 0.750. The van der Waals surface area contributed by atoms with Gasteiger partial charge in [0.1, 0.15) is 0 Å². The van der Waals surface area contributed by atoms with E-state index < -0.39 is 0 Å². The molecule has 0 aliphatic rings. The van der Waals surface area contributed by atoms with Gasteiger partial charge in [-0.25, -0.2) is 0 Å². The zero-order valence-corrected chi connectivity index (χ0v) is 10.5. The van der Waals surface area contributed by atoms with Crippen molar-refractivity contribution in [1.82, 2.24) is 9.78 Å². The third-order valence-corrected chi connectivity index (χ3v) is 2.80. The third-order valence-electron chi connectivity index (χ3n) is 2.80. The van der Waals surface area contributed by atoms with Crippen molar-refractivity contribution < 1.29 is 4.74 Å².